The minimum absolute atomic E-state index is 0.0252. The van der Waals surface area contributed by atoms with E-state index in [-0.39, 0.29) is 11.9 Å². The summed E-state index contributed by atoms with van der Waals surface area (Å²) in [6, 6.07) is 13.6. The summed E-state index contributed by atoms with van der Waals surface area (Å²) in [5, 5.41) is 2.89. The molecule has 1 aliphatic rings. The smallest absolute Gasteiger partial charge is 0.407 e. The van der Waals surface area contributed by atoms with Gasteiger partial charge in [0.1, 0.15) is 5.60 Å². The second-order valence-corrected chi connectivity index (χ2v) is 8.01. The van der Waals surface area contributed by atoms with E-state index in [0.717, 1.165) is 11.3 Å². The lowest BCUT2D eigenvalue weighted by Crippen LogP contribution is -2.47. The zero-order chi connectivity index (χ0) is 20.1. The molecule has 1 fully saturated rings. The molecule has 0 atom stereocenters. The van der Waals surface area contributed by atoms with Crippen molar-refractivity contribution in [2.24, 2.45) is 0 Å². The Labute approximate surface area is 165 Å². The number of nitrogens with zero attached hydrogens (tertiary/aromatic N) is 2. The van der Waals surface area contributed by atoms with Gasteiger partial charge < -0.3 is 15.0 Å². The molecule has 1 aliphatic heterocycles. The largest absolute Gasteiger partial charge is 0.444 e. The highest BCUT2D eigenvalue weighted by molar-refractivity contribution is 5.94. The van der Waals surface area contributed by atoms with Crippen LogP contribution in [-0.4, -0.2) is 46.6 Å². The van der Waals surface area contributed by atoms with Gasteiger partial charge in [0.2, 0.25) is 0 Å². The zero-order valence-corrected chi connectivity index (χ0v) is 16.6. The van der Waals surface area contributed by atoms with Crippen molar-refractivity contribution in [2.45, 2.75) is 45.3 Å². The molecule has 2 amide bonds. The molecule has 0 aliphatic carbocycles. The first-order valence-electron chi connectivity index (χ1n) is 9.62. The molecule has 28 heavy (non-hydrogen) atoms. The van der Waals surface area contributed by atoms with E-state index in [2.05, 4.69) is 10.3 Å². The van der Waals surface area contributed by atoms with Crippen LogP contribution in [0.15, 0.2) is 48.7 Å². The lowest BCUT2D eigenvalue weighted by atomic mass is 10.0. The van der Waals surface area contributed by atoms with Crippen LogP contribution in [-0.2, 0) is 4.74 Å². The summed E-state index contributed by atoms with van der Waals surface area (Å²) in [6.45, 7) is 6.71. The fourth-order valence-electron chi connectivity index (χ4n) is 3.18. The van der Waals surface area contributed by atoms with Gasteiger partial charge in [0.25, 0.3) is 5.91 Å². The van der Waals surface area contributed by atoms with E-state index < -0.39 is 11.7 Å². The van der Waals surface area contributed by atoms with Crippen molar-refractivity contribution in [1.29, 1.82) is 0 Å². The second-order valence-electron chi connectivity index (χ2n) is 8.01. The molecule has 3 rings (SSSR count). The summed E-state index contributed by atoms with van der Waals surface area (Å²) in [7, 11) is 0. The minimum Gasteiger partial charge on any atom is -0.444 e. The molecule has 6 heteroatoms. The second kappa shape index (κ2) is 8.42. The molecular weight excluding hydrogens is 354 g/mol. The topological polar surface area (TPSA) is 71.5 Å². The molecule has 6 nitrogen and oxygen atoms in total. The molecule has 1 saturated heterocycles. The third kappa shape index (κ3) is 5.31. The molecule has 1 N–H and O–H groups in total. The summed E-state index contributed by atoms with van der Waals surface area (Å²) in [5.41, 5.74) is 1.94. The molecule has 148 valence electrons. The van der Waals surface area contributed by atoms with E-state index in [1.807, 2.05) is 68.1 Å². The van der Waals surface area contributed by atoms with E-state index >= 15 is 0 Å². The highest BCUT2D eigenvalue weighted by atomic mass is 16.6. The van der Waals surface area contributed by atoms with E-state index in [1.54, 1.807) is 6.20 Å². The van der Waals surface area contributed by atoms with Crippen LogP contribution in [0.5, 0.6) is 0 Å². The Balaban J connectivity index is 1.53. The number of pyridine rings is 1. The maximum Gasteiger partial charge on any atom is 0.407 e. The van der Waals surface area contributed by atoms with Crippen LogP contribution in [0.4, 0.5) is 4.79 Å². The summed E-state index contributed by atoms with van der Waals surface area (Å²) in [4.78, 5) is 30.9. The number of benzene rings is 1. The average molecular weight is 381 g/mol. The van der Waals surface area contributed by atoms with Crippen molar-refractivity contribution < 1.29 is 14.3 Å². The zero-order valence-electron chi connectivity index (χ0n) is 16.6. The van der Waals surface area contributed by atoms with Crippen molar-refractivity contribution in [1.82, 2.24) is 15.2 Å². The van der Waals surface area contributed by atoms with Crippen LogP contribution in [0.2, 0.25) is 0 Å². The Morgan fingerprint density at radius 2 is 1.75 bits per heavy atom. The Morgan fingerprint density at radius 3 is 2.32 bits per heavy atom. The number of hydrogen-bond donors (Lipinski definition) is 1. The van der Waals surface area contributed by atoms with E-state index in [0.29, 0.717) is 31.5 Å². The molecule has 1 aromatic carbocycles. The number of ether oxygens (including phenoxy) is 1. The third-order valence-corrected chi connectivity index (χ3v) is 4.58. The van der Waals surface area contributed by atoms with Gasteiger partial charge in [-0.1, -0.05) is 30.3 Å². The molecule has 0 bridgehead atoms. The first kappa shape index (κ1) is 19.9. The Hall–Kier alpha value is -2.89. The number of piperidine rings is 1. The predicted octanol–water partition coefficient (Wildman–Crippen LogP) is 3.88. The predicted molar refractivity (Wildman–Crippen MR) is 108 cm³/mol. The number of hydrogen-bond acceptors (Lipinski definition) is 4. The van der Waals surface area contributed by atoms with Gasteiger partial charge in [-0.25, -0.2) is 4.79 Å². The molecule has 2 aromatic rings. The third-order valence-electron chi connectivity index (χ3n) is 4.58. The highest BCUT2D eigenvalue weighted by Gasteiger charge is 2.26. The van der Waals surface area contributed by atoms with Gasteiger partial charge in [0.15, 0.2) is 0 Å². The van der Waals surface area contributed by atoms with Gasteiger partial charge in [-0.15, -0.1) is 0 Å². The summed E-state index contributed by atoms with van der Waals surface area (Å²) >= 11 is 0. The molecule has 0 unspecified atom stereocenters. The number of alkyl carbamates (subject to hydrolysis) is 1. The normalized spacial score (nSPS) is 15.2. The minimum atomic E-state index is -0.514. The number of likely N-dealkylation sites (tertiary alicyclic amines) is 1. The number of carbonyl (C=O) groups excluding carboxylic acids is 2. The fourth-order valence-corrected chi connectivity index (χ4v) is 3.18. The molecule has 0 spiro atoms. The maximum atomic E-state index is 12.7. The van der Waals surface area contributed by atoms with E-state index in [1.165, 1.54) is 0 Å². The molecular formula is C22H27N3O3. The number of carbonyl (C=O) groups is 2. The van der Waals surface area contributed by atoms with E-state index in [9.17, 15) is 9.59 Å². The molecule has 2 heterocycles. The first-order valence-corrected chi connectivity index (χ1v) is 9.62. The summed E-state index contributed by atoms with van der Waals surface area (Å²) in [5.74, 6) is -0.0252. The Kier molecular flexibility index (Phi) is 5.97. The van der Waals surface area contributed by atoms with Crippen molar-refractivity contribution in [2.75, 3.05) is 13.1 Å². The quantitative estimate of drug-likeness (QED) is 0.876. The number of rotatable bonds is 3. The SMILES string of the molecule is CC(C)(C)OC(=O)NC1CCN(C(=O)c2ccc(-c3ccccc3)nc2)CC1. The van der Waals surface area contributed by atoms with Gasteiger partial charge in [-0.3, -0.25) is 9.78 Å². The van der Waals surface area contributed by atoms with Crippen LogP contribution < -0.4 is 5.32 Å². The van der Waals surface area contributed by atoms with Gasteiger partial charge >= 0.3 is 6.09 Å². The van der Waals surface area contributed by atoms with Crippen LogP contribution in [0, 0.1) is 0 Å². The molecule has 1 aromatic heterocycles. The van der Waals surface area contributed by atoms with Gasteiger partial charge in [0, 0.05) is 30.9 Å². The van der Waals surface area contributed by atoms with Gasteiger partial charge in [-0.05, 0) is 45.7 Å². The van der Waals surface area contributed by atoms with Crippen LogP contribution in [0.3, 0.4) is 0 Å². The number of aromatic nitrogens is 1. The van der Waals surface area contributed by atoms with Gasteiger partial charge in [0.05, 0.1) is 11.3 Å². The fraction of sp³-hybridized carbons (Fsp3) is 0.409. The maximum absolute atomic E-state index is 12.7. The Morgan fingerprint density at radius 1 is 1.07 bits per heavy atom. The lowest BCUT2D eigenvalue weighted by Gasteiger charge is -2.32. The summed E-state index contributed by atoms with van der Waals surface area (Å²) in [6.07, 6.45) is 2.65. The van der Waals surface area contributed by atoms with Gasteiger partial charge in [-0.2, -0.15) is 0 Å². The molecule has 0 saturated carbocycles. The standard InChI is InChI=1S/C22H27N3O3/c1-22(2,3)28-21(27)24-18-11-13-25(14-12-18)20(26)17-9-10-19(23-15-17)16-7-5-4-6-8-16/h4-10,15,18H,11-14H2,1-3H3,(H,24,27). The van der Waals surface area contributed by atoms with Crippen molar-refractivity contribution in [3.63, 3.8) is 0 Å². The lowest BCUT2D eigenvalue weighted by molar-refractivity contribution is 0.0473. The highest BCUT2D eigenvalue weighted by Crippen LogP contribution is 2.19. The van der Waals surface area contributed by atoms with Crippen molar-refractivity contribution >= 4 is 12.0 Å². The van der Waals surface area contributed by atoms with Crippen molar-refractivity contribution in [3.8, 4) is 11.3 Å². The average Bonchev–Trinajstić information content (AvgIpc) is 2.67. The number of amides is 2. The monoisotopic (exact) mass is 381 g/mol. The van der Waals surface area contributed by atoms with Crippen LogP contribution >= 0.6 is 0 Å². The van der Waals surface area contributed by atoms with Crippen LogP contribution in [0.25, 0.3) is 11.3 Å². The van der Waals surface area contributed by atoms with Crippen molar-refractivity contribution in [3.05, 3.63) is 54.2 Å². The van der Waals surface area contributed by atoms with Crippen LogP contribution in [0.1, 0.15) is 44.0 Å². The Bertz CT molecular complexity index is 805. The first-order chi connectivity index (χ1) is 13.3. The molecule has 0 radical (unpaired) electrons. The number of nitrogens with one attached hydrogen (secondary N) is 1. The summed E-state index contributed by atoms with van der Waals surface area (Å²) < 4.78 is 5.29. The van der Waals surface area contributed by atoms with E-state index in [4.69, 9.17) is 4.74 Å².